The van der Waals surface area contributed by atoms with E-state index in [2.05, 4.69) is 43.1 Å². The number of pyridine rings is 1. The van der Waals surface area contributed by atoms with E-state index in [-0.39, 0.29) is 5.82 Å². The van der Waals surface area contributed by atoms with Gasteiger partial charge in [-0.3, -0.25) is 4.98 Å². The molecule has 0 fully saturated rings. The van der Waals surface area contributed by atoms with E-state index in [1.54, 1.807) is 6.07 Å². The molecule has 2 heteroatoms. The van der Waals surface area contributed by atoms with Crippen LogP contribution in [0, 0.1) is 5.82 Å². The van der Waals surface area contributed by atoms with Crippen LogP contribution in [0.1, 0.15) is 76.5 Å². The van der Waals surface area contributed by atoms with Crippen molar-refractivity contribution >= 4 is 0 Å². The number of unbranched alkanes of at least 4 members (excludes halogenated alkanes) is 6. The van der Waals surface area contributed by atoms with E-state index in [1.165, 1.54) is 56.9 Å². The molecule has 0 atom stereocenters. The van der Waals surface area contributed by atoms with Crippen LogP contribution in [0.5, 0.6) is 0 Å². The lowest BCUT2D eigenvalue weighted by atomic mass is 9.98. The average Bonchev–Trinajstić information content (AvgIpc) is 2.80. The van der Waals surface area contributed by atoms with Gasteiger partial charge in [-0.15, -0.1) is 0 Å². The quantitative estimate of drug-likeness (QED) is 0.268. The third-order valence-corrected chi connectivity index (χ3v) is 6.00. The highest BCUT2D eigenvalue weighted by Crippen LogP contribution is 2.28. The Hall–Kier alpha value is -2.48. The van der Waals surface area contributed by atoms with Crippen molar-refractivity contribution in [2.45, 2.75) is 78.1 Å². The van der Waals surface area contributed by atoms with Crippen LogP contribution in [0.4, 0.5) is 4.39 Å². The molecule has 3 rings (SSSR count). The van der Waals surface area contributed by atoms with E-state index in [0.717, 1.165) is 35.2 Å². The molecule has 2 aromatic carbocycles. The van der Waals surface area contributed by atoms with Crippen LogP contribution in [0.3, 0.4) is 0 Å². The molecule has 0 aliphatic heterocycles. The second-order valence-corrected chi connectivity index (χ2v) is 8.55. The first kappa shape index (κ1) is 23.2. The molecule has 0 aliphatic carbocycles. The maximum absolute atomic E-state index is 14.9. The summed E-state index contributed by atoms with van der Waals surface area (Å²) in [5.41, 5.74) is 5.87. The molecule has 164 valence electrons. The molecule has 0 unspecified atom stereocenters. The maximum Gasteiger partial charge on any atom is 0.131 e. The number of benzene rings is 2. The molecule has 1 nitrogen and oxygen atoms in total. The molecule has 0 saturated carbocycles. The van der Waals surface area contributed by atoms with E-state index < -0.39 is 0 Å². The zero-order valence-corrected chi connectivity index (χ0v) is 19.2. The number of rotatable bonds is 12. The van der Waals surface area contributed by atoms with Crippen molar-refractivity contribution in [3.8, 4) is 22.3 Å². The predicted molar refractivity (Wildman–Crippen MR) is 131 cm³/mol. The first-order valence-electron chi connectivity index (χ1n) is 12.1. The van der Waals surface area contributed by atoms with Crippen molar-refractivity contribution in [1.29, 1.82) is 0 Å². The van der Waals surface area contributed by atoms with Crippen molar-refractivity contribution in [1.82, 2.24) is 4.98 Å². The van der Waals surface area contributed by atoms with Gasteiger partial charge in [0.15, 0.2) is 0 Å². The highest BCUT2D eigenvalue weighted by molar-refractivity contribution is 5.70. The zero-order valence-electron chi connectivity index (χ0n) is 19.2. The minimum Gasteiger partial charge on any atom is -0.261 e. The van der Waals surface area contributed by atoms with E-state index in [1.807, 2.05) is 30.5 Å². The van der Waals surface area contributed by atoms with Crippen LogP contribution >= 0.6 is 0 Å². The molecule has 1 aromatic heterocycles. The Morgan fingerprint density at radius 3 is 1.97 bits per heavy atom. The molecule has 0 N–H and O–H groups in total. The van der Waals surface area contributed by atoms with Gasteiger partial charge in [-0.2, -0.15) is 0 Å². The van der Waals surface area contributed by atoms with E-state index in [9.17, 15) is 4.39 Å². The van der Waals surface area contributed by atoms with Gasteiger partial charge in [-0.05, 0) is 54.5 Å². The topological polar surface area (TPSA) is 12.9 Å². The third-order valence-electron chi connectivity index (χ3n) is 6.00. The predicted octanol–water partition coefficient (Wildman–Crippen LogP) is 8.80. The molecule has 1 heterocycles. The Morgan fingerprint density at radius 2 is 1.29 bits per heavy atom. The third kappa shape index (κ3) is 7.02. The van der Waals surface area contributed by atoms with Gasteiger partial charge in [0.1, 0.15) is 5.82 Å². The molecule has 3 aromatic rings. The standard InChI is InChI=1S/C29H36FN/c1-3-5-7-8-10-11-23-13-15-24(16-14-23)28-20-18-25(21-29(28)30)26-17-19-27(31-22-26)12-9-6-4-2/h13-22H,3-12H2,1-2H3. The van der Waals surface area contributed by atoms with E-state index in [4.69, 9.17) is 0 Å². The van der Waals surface area contributed by atoms with Crippen LogP contribution < -0.4 is 0 Å². The Balaban J connectivity index is 1.62. The number of hydrogen-bond donors (Lipinski definition) is 0. The van der Waals surface area contributed by atoms with Crippen LogP contribution in [0.15, 0.2) is 60.8 Å². The Bertz CT molecular complexity index is 912. The first-order chi connectivity index (χ1) is 15.2. The Labute approximate surface area is 187 Å². The summed E-state index contributed by atoms with van der Waals surface area (Å²) in [5.74, 6) is -0.183. The monoisotopic (exact) mass is 417 g/mol. The maximum atomic E-state index is 14.9. The molecular formula is C29H36FN. The van der Waals surface area contributed by atoms with E-state index >= 15 is 0 Å². The molecule has 0 bridgehead atoms. The van der Waals surface area contributed by atoms with Crippen LogP contribution in [-0.2, 0) is 12.8 Å². The van der Waals surface area contributed by atoms with Gasteiger partial charge in [0.25, 0.3) is 0 Å². The SMILES string of the molecule is CCCCCCCc1ccc(-c2ccc(-c3ccc(CCCCC)nc3)cc2F)cc1. The lowest BCUT2D eigenvalue weighted by Gasteiger charge is -2.09. The molecular weight excluding hydrogens is 381 g/mol. The number of hydrogen-bond acceptors (Lipinski definition) is 1. The molecule has 0 amide bonds. The number of aryl methyl sites for hydroxylation is 2. The zero-order chi connectivity index (χ0) is 21.9. The number of nitrogens with zero attached hydrogens (tertiary/aromatic N) is 1. The Morgan fingerprint density at radius 1 is 0.645 bits per heavy atom. The fourth-order valence-electron chi connectivity index (χ4n) is 4.01. The average molecular weight is 418 g/mol. The second kappa shape index (κ2) is 12.4. The van der Waals surface area contributed by atoms with Crippen molar-refractivity contribution in [2.24, 2.45) is 0 Å². The summed E-state index contributed by atoms with van der Waals surface area (Å²) in [6.45, 7) is 4.45. The summed E-state index contributed by atoms with van der Waals surface area (Å²) in [7, 11) is 0. The van der Waals surface area contributed by atoms with Gasteiger partial charge in [-0.1, -0.05) is 94.8 Å². The summed E-state index contributed by atoms with van der Waals surface area (Å²) in [6, 6.07) is 18.0. The van der Waals surface area contributed by atoms with Crippen LogP contribution in [0.25, 0.3) is 22.3 Å². The molecule has 0 radical (unpaired) electrons. The van der Waals surface area contributed by atoms with Gasteiger partial charge >= 0.3 is 0 Å². The first-order valence-corrected chi connectivity index (χ1v) is 12.1. The summed E-state index contributed by atoms with van der Waals surface area (Å²) in [6.07, 6.45) is 14.0. The minimum atomic E-state index is -0.183. The van der Waals surface area contributed by atoms with Gasteiger partial charge in [0.2, 0.25) is 0 Å². The number of aromatic nitrogens is 1. The van der Waals surface area contributed by atoms with Gasteiger partial charge in [0.05, 0.1) is 0 Å². The van der Waals surface area contributed by atoms with Crippen molar-refractivity contribution in [3.05, 3.63) is 77.9 Å². The summed E-state index contributed by atoms with van der Waals surface area (Å²) >= 11 is 0. The molecule has 0 spiro atoms. The summed E-state index contributed by atoms with van der Waals surface area (Å²) < 4.78 is 14.9. The van der Waals surface area contributed by atoms with Crippen molar-refractivity contribution in [2.75, 3.05) is 0 Å². The largest absolute Gasteiger partial charge is 0.261 e. The highest BCUT2D eigenvalue weighted by atomic mass is 19.1. The van der Waals surface area contributed by atoms with E-state index in [0.29, 0.717) is 5.56 Å². The van der Waals surface area contributed by atoms with Crippen LogP contribution in [-0.4, -0.2) is 4.98 Å². The van der Waals surface area contributed by atoms with Crippen molar-refractivity contribution in [3.63, 3.8) is 0 Å². The lowest BCUT2D eigenvalue weighted by molar-refractivity contribution is 0.631. The van der Waals surface area contributed by atoms with Gasteiger partial charge < -0.3 is 0 Å². The summed E-state index contributed by atoms with van der Waals surface area (Å²) in [4.78, 5) is 4.57. The van der Waals surface area contributed by atoms with Gasteiger partial charge in [-0.25, -0.2) is 4.39 Å². The fraction of sp³-hybridized carbons (Fsp3) is 0.414. The van der Waals surface area contributed by atoms with Crippen LogP contribution in [0.2, 0.25) is 0 Å². The summed E-state index contributed by atoms with van der Waals surface area (Å²) in [5, 5.41) is 0. The fourth-order valence-corrected chi connectivity index (χ4v) is 4.01. The molecule has 0 saturated heterocycles. The van der Waals surface area contributed by atoms with Crippen molar-refractivity contribution < 1.29 is 4.39 Å². The minimum absolute atomic E-state index is 0.183. The van der Waals surface area contributed by atoms with Gasteiger partial charge in [0, 0.05) is 23.0 Å². The highest BCUT2D eigenvalue weighted by Gasteiger charge is 2.08. The lowest BCUT2D eigenvalue weighted by Crippen LogP contribution is -1.92. The Kier molecular flexibility index (Phi) is 9.27. The molecule has 31 heavy (non-hydrogen) atoms. The normalized spacial score (nSPS) is 11.1. The second-order valence-electron chi connectivity index (χ2n) is 8.55. The smallest absolute Gasteiger partial charge is 0.131 e. The number of halogens is 1. The molecule has 0 aliphatic rings.